The fraction of sp³-hybridized carbons (Fsp3) is 0.550. The molecule has 3 rings (SSSR count). The van der Waals surface area contributed by atoms with Crippen LogP contribution in [0.15, 0.2) is 33.8 Å². The van der Waals surface area contributed by atoms with Gasteiger partial charge in [0.15, 0.2) is 0 Å². The summed E-state index contributed by atoms with van der Waals surface area (Å²) in [6.45, 7) is 5.81. The van der Waals surface area contributed by atoms with Crippen molar-refractivity contribution >= 4 is 32.7 Å². The van der Waals surface area contributed by atoms with Crippen LogP contribution in [-0.4, -0.2) is 46.0 Å². The van der Waals surface area contributed by atoms with Gasteiger partial charge < -0.3 is 10.2 Å². The Labute approximate surface area is 168 Å². The highest BCUT2D eigenvalue weighted by Gasteiger charge is 2.20. The number of carbonyl (C=O) groups is 1. The standard InChI is InChI=1S/C20H27BrN4O2/c1-2-3-9-24-10-6-16(7-11-24)23-19(26)8-12-25-14-22-18-5-4-15(21)13-17(18)20(25)27/h4-5,13-14,16H,2-3,6-12H2,1H3,(H,23,26). The number of likely N-dealkylation sites (tertiary alicyclic amines) is 1. The predicted octanol–water partition coefficient (Wildman–Crippen LogP) is 2.93. The third-order valence-electron chi connectivity index (χ3n) is 5.15. The number of hydrogen-bond acceptors (Lipinski definition) is 4. The Hall–Kier alpha value is -1.73. The molecule has 146 valence electrons. The summed E-state index contributed by atoms with van der Waals surface area (Å²) in [5.74, 6) is 0.00301. The van der Waals surface area contributed by atoms with E-state index >= 15 is 0 Å². The molecule has 0 bridgehead atoms. The summed E-state index contributed by atoms with van der Waals surface area (Å²) >= 11 is 3.38. The van der Waals surface area contributed by atoms with Crippen LogP contribution in [0.2, 0.25) is 0 Å². The van der Waals surface area contributed by atoms with Gasteiger partial charge in [0.1, 0.15) is 0 Å². The first-order chi connectivity index (χ1) is 13.1. The highest BCUT2D eigenvalue weighted by Crippen LogP contribution is 2.15. The first kappa shape index (κ1) is 20.0. The van der Waals surface area contributed by atoms with Crippen LogP contribution in [0.25, 0.3) is 10.9 Å². The van der Waals surface area contributed by atoms with Crippen LogP contribution in [0.5, 0.6) is 0 Å². The van der Waals surface area contributed by atoms with Gasteiger partial charge in [-0.05, 0) is 44.0 Å². The minimum atomic E-state index is -0.113. The van der Waals surface area contributed by atoms with E-state index in [1.807, 2.05) is 12.1 Å². The minimum Gasteiger partial charge on any atom is -0.353 e. The summed E-state index contributed by atoms with van der Waals surface area (Å²) in [5.41, 5.74) is 0.553. The van der Waals surface area contributed by atoms with Crippen LogP contribution >= 0.6 is 15.9 Å². The highest BCUT2D eigenvalue weighted by atomic mass is 79.9. The molecule has 1 aromatic carbocycles. The molecule has 2 aromatic rings. The summed E-state index contributed by atoms with van der Waals surface area (Å²) in [7, 11) is 0. The molecule has 1 saturated heterocycles. The summed E-state index contributed by atoms with van der Waals surface area (Å²) in [6, 6.07) is 5.69. The number of fused-ring (bicyclic) bond motifs is 1. The van der Waals surface area contributed by atoms with Crippen molar-refractivity contribution in [2.45, 2.75) is 51.6 Å². The fourth-order valence-corrected chi connectivity index (χ4v) is 3.86. The van der Waals surface area contributed by atoms with Gasteiger partial charge in [-0.2, -0.15) is 0 Å². The fourth-order valence-electron chi connectivity index (χ4n) is 3.49. The Balaban J connectivity index is 1.50. The van der Waals surface area contributed by atoms with Crippen LogP contribution in [0.4, 0.5) is 0 Å². The van der Waals surface area contributed by atoms with Crippen molar-refractivity contribution in [2.24, 2.45) is 0 Å². The second-order valence-electron chi connectivity index (χ2n) is 7.19. The maximum absolute atomic E-state index is 12.6. The lowest BCUT2D eigenvalue weighted by Gasteiger charge is -2.32. The molecule has 27 heavy (non-hydrogen) atoms. The van der Waals surface area contributed by atoms with Crippen molar-refractivity contribution in [1.82, 2.24) is 19.8 Å². The van der Waals surface area contributed by atoms with Gasteiger partial charge in [-0.15, -0.1) is 0 Å². The number of amides is 1. The summed E-state index contributed by atoms with van der Waals surface area (Å²) in [4.78, 5) is 31.7. The number of piperidine rings is 1. The molecule has 1 fully saturated rings. The number of rotatable bonds is 7. The Kier molecular flexibility index (Phi) is 7.01. The number of carbonyl (C=O) groups excluding carboxylic acids is 1. The average molecular weight is 435 g/mol. The molecule has 1 N–H and O–H groups in total. The van der Waals surface area contributed by atoms with Gasteiger partial charge in [0.05, 0.1) is 17.2 Å². The van der Waals surface area contributed by atoms with Crippen molar-refractivity contribution in [3.63, 3.8) is 0 Å². The zero-order valence-electron chi connectivity index (χ0n) is 15.8. The predicted molar refractivity (Wildman–Crippen MR) is 111 cm³/mol. The zero-order valence-corrected chi connectivity index (χ0v) is 17.4. The van der Waals surface area contributed by atoms with E-state index in [4.69, 9.17) is 0 Å². The molecule has 0 aliphatic carbocycles. The van der Waals surface area contributed by atoms with Crippen molar-refractivity contribution in [2.75, 3.05) is 19.6 Å². The van der Waals surface area contributed by atoms with Crippen LogP contribution in [0.3, 0.4) is 0 Å². The van der Waals surface area contributed by atoms with Crippen LogP contribution in [0, 0.1) is 0 Å². The lowest BCUT2D eigenvalue weighted by atomic mass is 10.0. The lowest BCUT2D eigenvalue weighted by molar-refractivity contribution is -0.122. The Morgan fingerprint density at radius 3 is 2.81 bits per heavy atom. The Morgan fingerprint density at radius 2 is 2.07 bits per heavy atom. The lowest BCUT2D eigenvalue weighted by Crippen LogP contribution is -2.45. The number of aryl methyl sites for hydroxylation is 1. The molecule has 6 nitrogen and oxygen atoms in total. The van der Waals surface area contributed by atoms with E-state index in [2.05, 4.69) is 38.1 Å². The third kappa shape index (κ3) is 5.39. The van der Waals surface area contributed by atoms with E-state index in [1.54, 1.807) is 6.07 Å². The van der Waals surface area contributed by atoms with E-state index in [-0.39, 0.29) is 23.9 Å². The SMILES string of the molecule is CCCCN1CCC(NC(=O)CCn2cnc3ccc(Br)cc3c2=O)CC1. The average Bonchev–Trinajstić information content (AvgIpc) is 2.67. The van der Waals surface area contributed by atoms with Crippen molar-refractivity contribution in [3.05, 3.63) is 39.4 Å². The number of nitrogens with zero attached hydrogens (tertiary/aromatic N) is 3. The van der Waals surface area contributed by atoms with Gasteiger partial charge in [0.2, 0.25) is 5.91 Å². The summed E-state index contributed by atoms with van der Waals surface area (Å²) in [5, 5.41) is 3.68. The number of hydrogen-bond donors (Lipinski definition) is 1. The van der Waals surface area contributed by atoms with E-state index in [0.29, 0.717) is 17.4 Å². The van der Waals surface area contributed by atoms with Crippen molar-refractivity contribution in [3.8, 4) is 0 Å². The summed E-state index contributed by atoms with van der Waals surface area (Å²) < 4.78 is 2.36. The molecule has 1 amide bonds. The Morgan fingerprint density at radius 1 is 1.30 bits per heavy atom. The second-order valence-corrected chi connectivity index (χ2v) is 8.11. The highest BCUT2D eigenvalue weighted by molar-refractivity contribution is 9.10. The molecule has 7 heteroatoms. The number of benzene rings is 1. The molecule has 1 aliphatic rings. The maximum atomic E-state index is 12.6. The van der Waals surface area contributed by atoms with Gasteiger partial charge in [0.25, 0.3) is 5.56 Å². The number of nitrogens with one attached hydrogen (secondary N) is 1. The maximum Gasteiger partial charge on any atom is 0.261 e. The van der Waals surface area contributed by atoms with E-state index in [0.717, 1.165) is 36.9 Å². The van der Waals surface area contributed by atoms with Crippen LogP contribution in [-0.2, 0) is 11.3 Å². The minimum absolute atomic E-state index is 0.00301. The molecule has 2 heterocycles. The first-order valence-electron chi connectivity index (χ1n) is 9.73. The smallest absolute Gasteiger partial charge is 0.261 e. The topological polar surface area (TPSA) is 67.2 Å². The monoisotopic (exact) mass is 434 g/mol. The van der Waals surface area contributed by atoms with Crippen molar-refractivity contribution < 1.29 is 4.79 Å². The second kappa shape index (κ2) is 9.46. The van der Waals surface area contributed by atoms with Gasteiger partial charge in [-0.3, -0.25) is 14.2 Å². The molecular formula is C20H27BrN4O2. The molecule has 1 aliphatic heterocycles. The summed E-state index contributed by atoms with van der Waals surface area (Å²) in [6.07, 6.45) is 6.27. The molecule has 0 saturated carbocycles. The van der Waals surface area contributed by atoms with Gasteiger partial charge in [-0.25, -0.2) is 4.98 Å². The largest absolute Gasteiger partial charge is 0.353 e. The quantitative estimate of drug-likeness (QED) is 0.727. The van der Waals surface area contributed by atoms with Gasteiger partial charge >= 0.3 is 0 Å². The van der Waals surface area contributed by atoms with Gasteiger partial charge in [0, 0.05) is 36.6 Å². The van der Waals surface area contributed by atoms with Crippen LogP contribution in [0.1, 0.15) is 39.0 Å². The molecule has 0 atom stereocenters. The molecule has 0 radical (unpaired) electrons. The normalized spacial score (nSPS) is 15.9. The van der Waals surface area contributed by atoms with Crippen molar-refractivity contribution in [1.29, 1.82) is 0 Å². The zero-order chi connectivity index (χ0) is 19.2. The van der Waals surface area contributed by atoms with E-state index in [1.165, 1.54) is 23.7 Å². The first-order valence-corrected chi connectivity index (χ1v) is 10.5. The molecule has 0 unspecified atom stereocenters. The number of aromatic nitrogens is 2. The third-order valence-corrected chi connectivity index (χ3v) is 5.64. The number of unbranched alkanes of at least 4 members (excludes halogenated alkanes) is 1. The van der Waals surface area contributed by atoms with Crippen LogP contribution < -0.4 is 10.9 Å². The Bertz CT molecular complexity index is 843. The van der Waals surface area contributed by atoms with Gasteiger partial charge in [-0.1, -0.05) is 29.3 Å². The molecular weight excluding hydrogens is 408 g/mol. The van der Waals surface area contributed by atoms with E-state index in [9.17, 15) is 9.59 Å². The van der Waals surface area contributed by atoms with E-state index < -0.39 is 0 Å². The molecule has 0 spiro atoms. The molecule has 1 aromatic heterocycles. The number of halogens is 1.